The quantitative estimate of drug-likeness (QED) is 0.365. The molecule has 1 unspecified atom stereocenters. The lowest BCUT2D eigenvalue weighted by Gasteiger charge is -2.15. The number of imidazole rings is 1. The van der Waals surface area contributed by atoms with Gasteiger partial charge >= 0.3 is 5.69 Å². The monoisotopic (exact) mass is 516 g/mol. The molecular formula is C26H21ClN6O4. The highest BCUT2D eigenvalue weighted by atomic mass is 35.5. The maximum Gasteiger partial charge on any atom is 0.361 e. The number of halogens is 1. The zero-order valence-corrected chi connectivity index (χ0v) is 20.2. The molecule has 5 aromatic rings. The second kappa shape index (κ2) is 8.84. The minimum absolute atomic E-state index is 0.0648. The van der Waals surface area contributed by atoms with Crippen molar-refractivity contribution in [2.75, 3.05) is 13.2 Å². The molecule has 2 aromatic carbocycles. The summed E-state index contributed by atoms with van der Waals surface area (Å²) in [5, 5.41) is 3.14. The Balaban J connectivity index is 1.12. The number of hydrogen-bond acceptors (Lipinski definition) is 7. The lowest BCUT2D eigenvalue weighted by molar-refractivity contribution is 0.0273. The number of nitrogens with one attached hydrogen (secondary N) is 2. The Hall–Kier alpha value is -3.99. The molecule has 0 amide bonds. The standard InChI is InChI=1S/C26H21ClN6O4/c27-18-11-19-24(31-26(29-19)37-21-12-36-20-9-10-35-23(20)21)30-22(18)16-3-1-14(2-4-16)15-5-7-17(8-6-15)33-13-28-25(34)32-33/h1-8,11,13,20-21,23H,9-10,12H2,(H,32,34)(H,29,30,31)/t20-,21?,23+/m1/s1. The third-order valence-electron chi connectivity index (χ3n) is 6.73. The summed E-state index contributed by atoms with van der Waals surface area (Å²) in [5.41, 5.74) is 5.24. The maximum atomic E-state index is 11.3. The van der Waals surface area contributed by atoms with Crippen molar-refractivity contribution in [1.29, 1.82) is 0 Å². The van der Waals surface area contributed by atoms with E-state index in [2.05, 4.69) is 20.1 Å². The van der Waals surface area contributed by atoms with E-state index < -0.39 is 0 Å². The fourth-order valence-electron chi connectivity index (χ4n) is 4.87. The topological polar surface area (TPSA) is 120 Å². The highest BCUT2D eigenvalue weighted by Gasteiger charge is 2.43. The zero-order chi connectivity index (χ0) is 24.9. The number of rotatable bonds is 5. The van der Waals surface area contributed by atoms with Gasteiger partial charge < -0.3 is 19.2 Å². The Kier molecular flexibility index (Phi) is 5.31. The molecule has 0 bridgehead atoms. The summed E-state index contributed by atoms with van der Waals surface area (Å²) in [7, 11) is 0. The van der Waals surface area contributed by atoms with Crippen LogP contribution in [0.5, 0.6) is 6.01 Å². The van der Waals surface area contributed by atoms with Crippen LogP contribution in [-0.2, 0) is 9.47 Å². The minimum Gasteiger partial charge on any atom is -0.456 e. The largest absolute Gasteiger partial charge is 0.456 e. The van der Waals surface area contributed by atoms with E-state index in [0.717, 1.165) is 28.8 Å². The molecule has 0 saturated carbocycles. The lowest BCUT2D eigenvalue weighted by Crippen LogP contribution is -2.32. The first-order chi connectivity index (χ1) is 18.1. The molecule has 2 fully saturated rings. The summed E-state index contributed by atoms with van der Waals surface area (Å²) in [4.78, 5) is 27.4. The summed E-state index contributed by atoms with van der Waals surface area (Å²) in [6.07, 6.45) is 2.17. The van der Waals surface area contributed by atoms with Crippen LogP contribution < -0.4 is 10.4 Å². The number of nitrogens with zero attached hydrogens (tertiary/aromatic N) is 4. The van der Waals surface area contributed by atoms with Gasteiger partial charge in [0, 0.05) is 12.2 Å². The highest BCUT2D eigenvalue weighted by molar-refractivity contribution is 6.33. The fourth-order valence-corrected chi connectivity index (χ4v) is 5.13. The van der Waals surface area contributed by atoms with Crippen LogP contribution in [0.3, 0.4) is 0 Å². The van der Waals surface area contributed by atoms with E-state index >= 15 is 0 Å². The number of hydrogen-bond donors (Lipinski definition) is 2. The van der Waals surface area contributed by atoms with Crippen molar-refractivity contribution in [1.82, 2.24) is 29.7 Å². The summed E-state index contributed by atoms with van der Waals surface area (Å²) in [6.45, 7) is 1.16. The second-order valence-corrected chi connectivity index (χ2v) is 9.45. The molecule has 0 aliphatic carbocycles. The van der Waals surface area contributed by atoms with Gasteiger partial charge in [-0.3, -0.25) is 0 Å². The molecular weight excluding hydrogens is 496 g/mol. The van der Waals surface area contributed by atoms with E-state index in [4.69, 9.17) is 30.8 Å². The van der Waals surface area contributed by atoms with Crippen LogP contribution in [0.1, 0.15) is 6.42 Å². The zero-order valence-electron chi connectivity index (χ0n) is 19.4. The van der Waals surface area contributed by atoms with Gasteiger partial charge in [-0.25, -0.2) is 19.6 Å². The molecule has 3 atom stereocenters. The van der Waals surface area contributed by atoms with Crippen LogP contribution in [0, 0.1) is 0 Å². The predicted molar refractivity (Wildman–Crippen MR) is 136 cm³/mol. The average Bonchev–Trinajstić information content (AvgIpc) is 3.70. The number of aromatic nitrogens is 6. The van der Waals surface area contributed by atoms with Crippen molar-refractivity contribution < 1.29 is 14.2 Å². The molecule has 0 spiro atoms. The summed E-state index contributed by atoms with van der Waals surface area (Å²) in [5.74, 6) is 0. The van der Waals surface area contributed by atoms with Gasteiger partial charge in [0.15, 0.2) is 11.8 Å². The van der Waals surface area contributed by atoms with Crippen molar-refractivity contribution in [3.63, 3.8) is 0 Å². The van der Waals surface area contributed by atoms with Gasteiger partial charge in [-0.05, 0) is 35.7 Å². The van der Waals surface area contributed by atoms with Crippen LogP contribution >= 0.6 is 11.6 Å². The third kappa shape index (κ3) is 4.08. The molecule has 0 radical (unpaired) electrons. The van der Waals surface area contributed by atoms with Crippen molar-refractivity contribution >= 4 is 22.8 Å². The maximum absolute atomic E-state index is 11.3. The average molecular weight is 517 g/mol. The Morgan fingerprint density at radius 1 is 1.00 bits per heavy atom. The predicted octanol–water partition coefficient (Wildman–Crippen LogP) is 3.75. The molecule has 2 aliphatic rings. The Bertz CT molecular complexity index is 1640. The molecule has 7 rings (SSSR count). The van der Waals surface area contributed by atoms with E-state index in [-0.39, 0.29) is 24.0 Å². The van der Waals surface area contributed by atoms with Gasteiger partial charge in [-0.1, -0.05) is 48.0 Å². The molecule has 186 valence electrons. The normalized spacial score (nSPS) is 20.9. The molecule has 2 aliphatic heterocycles. The minimum atomic E-state index is -0.385. The van der Waals surface area contributed by atoms with Gasteiger partial charge in [0.2, 0.25) is 0 Å². The summed E-state index contributed by atoms with van der Waals surface area (Å²) in [6, 6.07) is 18.0. The first-order valence-corrected chi connectivity index (χ1v) is 12.3. The number of pyridine rings is 1. The number of benzene rings is 2. The molecule has 37 heavy (non-hydrogen) atoms. The van der Waals surface area contributed by atoms with Crippen LogP contribution in [0.2, 0.25) is 5.02 Å². The SMILES string of the molecule is O=c1ncn(-c2ccc(-c3ccc(-c4nc5nc(OC6CO[C@@H]7CCO[C@H]67)[nH]c5cc4Cl)cc3)cc2)[nH]1. The Morgan fingerprint density at radius 3 is 2.51 bits per heavy atom. The van der Waals surface area contributed by atoms with Gasteiger partial charge in [-0.2, -0.15) is 9.97 Å². The second-order valence-electron chi connectivity index (χ2n) is 9.04. The van der Waals surface area contributed by atoms with Gasteiger partial charge in [0.05, 0.1) is 34.6 Å². The van der Waals surface area contributed by atoms with Gasteiger partial charge in [-0.15, -0.1) is 0 Å². The van der Waals surface area contributed by atoms with E-state index in [1.807, 2.05) is 54.6 Å². The summed E-state index contributed by atoms with van der Waals surface area (Å²) < 4.78 is 19.1. The number of ether oxygens (including phenoxy) is 3. The third-order valence-corrected chi connectivity index (χ3v) is 7.02. The number of H-pyrrole nitrogens is 2. The van der Waals surface area contributed by atoms with Crippen LogP contribution in [0.25, 0.3) is 39.2 Å². The van der Waals surface area contributed by atoms with Crippen molar-refractivity contribution in [2.24, 2.45) is 0 Å². The van der Waals surface area contributed by atoms with Crippen LogP contribution in [0.4, 0.5) is 0 Å². The summed E-state index contributed by atoms with van der Waals surface area (Å²) >= 11 is 6.60. The Morgan fingerprint density at radius 2 is 1.76 bits per heavy atom. The van der Waals surface area contributed by atoms with Crippen LogP contribution in [-0.4, -0.2) is 61.2 Å². The first kappa shape index (κ1) is 22.2. The molecule has 11 heteroatoms. The Labute approximate surface area is 215 Å². The smallest absolute Gasteiger partial charge is 0.361 e. The number of fused-ring (bicyclic) bond motifs is 2. The molecule has 5 heterocycles. The van der Waals surface area contributed by atoms with Gasteiger partial charge in [0.1, 0.15) is 12.4 Å². The molecule has 10 nitrogen and oxygen atoms in total. The highest BCUT2D eigenvalue weighted by Crippen LogP contribution is 2.33. The van der Waals surface area contributed by atoms with Gasteiger partial charge in [0.25, 0.3) is 6.01 Å². The van der Waals surface area contributed by atoms with E-state index in [9.17, 15) is 4.79 Å². The van der Waals surface area contributed by atoms with E-state index in [1.165, 1.54) is 6.33 Å². The lowest BCUT2D eigenvalue weighted by atomic mass is 10.0. The molecule has 2 N–H and O–H groups in total. The molecule has 2 saturated heterocycles. The van der Waals surface area contributed by atoms with Crippen molar-refractivity contribution in [3.8, 4) is 34.1 Å². The number of aromatic amines is 2. The van der Waals surface area contributed by atoms with E-state index in [1.54, 1.807) is 4.68 Å². The first-order valence-electron chi connectivity index (χ1n) is 11.9. The van der Waals surface area contributed by atoms with Crippen molar-refractivity contribution in [3.05, 3.63) is 76.4 Å². The fraction of sp³-hybridized carbons (Fsp3) is 0.231. The van der Waals surface area contributed by atoms with E-state index in [0.29, 0.717) is 41.1 Å². The molecule has 3 aromatic heterocycles. The van der Waals surface area contributed by atoms with Crippen molar-refractivity contribution in [2.45, 2.75) is 24.7 Å². The van der Waals surface area contributed by atoms with Crippen LogP contribution in [0.15, 0.2) is 65.7 Å².